The van der Waals surface area contributed by atoms with E-state index >= 15 is 0 Å². The van der Waals surface area contributed by atoms with Gasteiger partial charge in [0.1, 0.15) is 6.67 Å². The van der Waals surface area contributed by atoms with E-state index in [1.54, 1.807) is 0 Å². The number of rotatable bonds is 2. The third-order valence-electron chi connectivity index (χ3n) is 2.03. The van der Waals surface area contributed by atoms with E-state index in [-0.39, 0.29) is 12.2 Å². The summed E-state index contributed by atoms with van der Waals surface area (Å²) in [5, 5.41) is 6.10. The molecular formula is C6H13FN2. The van der Waals surface area contributed by atoms with Gasteiger partial charge in [0.15, 0.2) is 0 Å². The summed E-state index contributed by atoms with van der Waals surface area (Å²) >= 11 is 0. The lowest BCUT2D eigenvalue weighted by atomic mass is 10.0. The van der Waals surface area contributed by atoms with Crippen LogP contribution in [0.15, 0.2) is 0 Å². The van der Waals surface area contributed by atoms with Gasteiger partial charge in [-0.2, -0.15) is 0 Å². The molecule has 1 aliphatic heterocycles. The van der Waals surface area contributed by atoms with Crippen molar-refractivity contribution >= 4 is 0 Å². The predicted molar refractivity (Wildman–Crippen MR) is 35.3 cm³/mol. The highest BCUT2D eigenvalue weighted by atomic mass is 19.1. The number of halogens is 1. The highest BCUT2D eigenvalue weighted by Crippen LogP contribution is 2.13. The summed E-state index contributed by atoms with van der Waals surface area (Å²) < 4.78 is 12.3. The number of alkyl halides is 1. The van der Waals surface area contributed by atoms with Crippen molar-refractivity contribution in [2.24, 2.45) is 0 Å². The summed E-state index contributed by atoms with van der Waals surface area (Å²) in [7, 11) is 1.81. The number of likely N-dealkylation sites (N-methyl/N-ethyl adjacent to an activating group) is 1. The lowest BCUT2D eigenvalue weighted by Gasteiger charge is -2.22. The van der Waals surface area contributed by atoms with Crippen molar-refractivity contribution in [3.05, 3.63) is 0 Å². The molecule has 0 aromatic rings. The van der Waals surface area contributed by atoms with Gasteiger partial charge in [0, 0.05) is 6.54 Å². The van der Waals surface area contributed by atoms with Crippen LogP contribution in [0, 0.1) is 0 Å². The van der Waals surface area contributed by atoms with Crippen LogP contribution in [-0.4, -0.2) is 32.4 Å². The zero-order valence-electron chi connectivity index (χ0n) is 5.71. The van der Waals surface area contributed by atoms with E-state index in [0.717, 1.165) is 19.5 Å². The number of hydrogen-bond acceptors (Lipinski definition) is 2. The lowest BCUT2D eigenvalue weighted by Crippen LogP contribution is -2.46. The molecular weight excluding hydrogens is 119 g/mol. The van der Waals surface area contributed by atoms with Gasteiger partial charge in [0.25, 0.3) is 0 Å². The fraction of sp³-hybridized carbons (Fsp3) is 1.00. The van der Waals surface area contributed by atoms with Crippen molar-refractivity contribution in [3.8, 4) is 0 Å². The van der Waals surface area contributed by atoms with Crippen molar-refractivity contribution in [1.29, 1.82) is 0 Å². The van der Waals surface area contributed by atoms with Crippen molar-refractivity contribution in [3.63, 3.8) is 0 Å². The van der Waals surface area contributed by atoms with Crippen LogP contribution in [0.3, 0.4) is 0 Å². The molecule has 0 spiro atoms. The molecule has 1 aliphatic rings. The molecule has 0 aliphatic carbocycles. The Morgan fingerprint density at radius 2 is 2.56 bits per heavy atom. The quantitative estimate of drug-likeness (QED) is 0.548. The Hall–Kier alpha value is -0.150. The van der Waals surface area contributed by atoms with Crippen molar-refractivity contribution < 1.29 is 4.39 Å². The van der Waals surface area contributed by atoms with Gasteiger partial charge in [-0.3, -0.25) is 0 Å². The molecule has 54 valence electrons. The van der Waals surface area contributed by atoms with Crippen LogP contribution in [0.4, 0.5) is 4.39 Å². The smallest absolute Gasteiger partial charge is 0.109 e. The highest BCUT2D eigenvalue weighted by Gasteiger charge is 2.31. The molecule has 9 heavy (non-hydrogen) atoms. The van der Waals surface area contributed by atoms with E-state index in [1.165, 1.54) is 0 Å². The van der Waals surface area contributed by atoms with Gasteiger partial charge in [-0.1, -0.05) is 0 Å². The van der Waals surface area contributed by atoms with Crippen LogP contribution in [-0.2, 0) is 0 Å². The van der Waals surface area contributed by atoms with E-state index in [4.69, 9.17) is 0 Å². The fourth-order valence-corrected chi connectivity index (χ4v) is 1.14. The van der Waals surface area contributed by atoms with Gasteiger partial charge in [-0.25, -0.2) is 4.39 Å². The van der Waals surface area contributed by atoms with Gasteiger partial charge in [0.2, 0.25) is 0 Å². The zero-order chi connectivity index (χ0) is 6.74. The van der Waals surface area contributed by atoms with Gasteiger partial charge < -0.3 is 10.6 Å². The second kappa shape index (κ2) is 2.62. The molecule has 0 bridgehead atoms. The number of hydrogen-bond donors (Lipinski definition) is 2. The molecule has 0 aromatic heterocycles. The fourth-order valence-electron chi connectivity index (χ4n) is 1.14. The van der Waals surface area contributed by atoms with Crippen molar-refractivity contribution in [1.82, 2.24) is 10.6 Å². The molecule has 1 rings (SSSR count). The predicted octanol–water partition coefficient (Wildman–Crippen LogP) is -0.0926. The van der Waals surface area contributed by atoms with E-state index in [0.29, 0.717) is 0 Å². The van der Waals surface area contributed by atoms with Gasteiger partial charge in [-0.05, 0) is 20.0 Å². The van der Waals surface area contributed by atoms with Gasteiger partial charge in [0.05, 0.1) is 5.54 Å². The Kier molecular flexibility index (Phi) is 2.03. The summed E-state index contributed by atoms with van der Waals surface area (Å²) in [4.78, 5) is 0. The summed E-state index contributed by atoms with van der Waals surface area (Å²) in [6.07, 6.45) is 0.903. The van der Waals surface area contributed by atoms with Crippen molar-refractivity contribution in [2.45, 2.75) is 12.0 Å². The average Bonchev–Trinajstić information content (AvgIpc) is 2.36. The molecule has 0 aromatic carbocycles. The SMILES string of the molecule is CN[C@]1(CF)CCNC1. The first-order valence-electron chi connectivity index (χ1n) is 3.29. The molecule has 1 fully saturated rings. The Bertz CT molecular complexity index is 83.1. The Balaban J connectivity index is 2.45. The molecule has 2 nitrogen and oxygen atoms in total. The topological polar surface area (TPSA) is 24.1 Å². The maximum atomic E-state index is 12.3. The maximum absolute atomic E-state index is 12.3. The second-order valence-corrected chi connectivity index (χ2v) is 2.59. The molecule has 0 saturated carbocycles. The molecule has 0 amide bonds. The molecule has 1 heterocycles. The van der Waals surface area contributed by atoms with Gasteiger partial charge >= 0.3 is 0 Å². The van der Waals surface area contributed by atoms with E-state index < -0.39 is 0 Å². The van der Waals surface area contributed by atoms with Crippen LogP contribution < -0.4 is 10.6 Å². The first kappa shape index (κ1) is 6.96. The standard InChI is InChI=1S/C6H13FN2/c1-8-6(4-7)2-3-9-5-6/h8-9H,2-5H2,1H3/t6-/m0/s1. The molecule has 1 atom stereocenters. The van der Waals surface area contributed by atoms with E-state index in [9.17, 15) is 4.39 Å². The summed E-state index contributed by atoms with van der Waals surface area (Å²) in [6.45, 7) is 1.43. The van der Waals surface area contributed by atoms with Crippen LogP contribution in [0.25, 0.3) is 0 Å². The lowest BCUT2D eigenvalue weighted by molar-refractivity contribution is 0.281. The first-order chi connectivity index (χ1) is 4.33. The first-order valence-corrected chi connectivity index (χ1v) is 3.29. The molecule has 1 saturated heterocycles. The van der Waals surface area contributed by atoms with Crippen LogP contribution in [0.1, 0.15) is 6.42 Å². The third-order valence-corrected chi connectivity index (χ3v) is 2.03. The van der Waals surface area contributed by atoms with Crippen LogP contribution >= 0.6 is 0 Å². The van der Waals surface area contributed by atoms with Crippen LogP contribution in [0.5, 0.6) is 0 Å². The minimum Gasteiger partial charge on any atom is -0.315 e. The molecule has 0 unspecified atom stereocenters. The third kappa shape index (κ3) is 1.22. The maximum Gasteiger partial charge on any atom is 0.109 e. The van der Waals surface area contributed by atoms with Gasteiger partial charge in [-0.15, -0.1) is 0 Å². The normalized spacial score (nSPS) is 35.3. The summed E-state index contributed by atoms with van der Waals surface area (Å²) in [5.41, 5.74) is -0.250. The minimum atomic E-state index is -0.267. The molecule has 2 N–H and O–H groups in total. The summed E-state index contributed by atoms with van der Waals surface area (Å²) in [5.74, 6) is 0. The summed E-state index contributed by atoms with van der Waals surface area (Å²) in [6, 6.07) is 0. The van der Waals surface area contributed by atoms with Crippen LogP contribution in [0.2, 0.25) is 0 Å². The Morgan fingerprint density at radius 1 is 1.78 bits per heavy atom. The largest absolute Gasteiger partial charge is 0.315 e. The second-order valence-electron chi connectivity index (χ2n) is 2.59. The zero-order valence-corrected chi connectivity index (χ0v) is 5.71. The monoisotopic (exact) mass is 132 g/mol. The number of nitrogens with one attached hydrogen (secondary N) is 2. The highest BCUT2D eigenvalue weighted by molar-refractivity contribution is 4.94. The van der Waals surface area contributed by atoms with E-state index in [2.05, 4.69) is 10.6 Å². The Labute approximate surface area is 54.8 Å². The molecule has 0 radical (unpaired) electrons. The molecule has 3 heteroatoms. The van der Waals surface area contributed by atoms with E-state index in [1.807, 2.05) is 7.05 Å². The minimum absolute atomic E-state index is 0.250. The average molecular weight is 132 g/mol. The van der Waals surface area contributed by atoms with Crippen molar-refractivity contribution in [2.75, 3.05) is 26.8 Å². The Morgan fingerprint density at radius 3 is 2.78 bits per heavy atom.